The van der Waals surface area contributed by atoms with Crippen molar-refractivity contribution in [1.29, 1.82) is 0 Å². The number of carbonyl (C=O) groups excluding carboxylic acids is 1. The van der Waals surface area contributed by atoms with E-state index in [9.17, 15) is 4.79 Å². The molecule has 2 aromatic heterocycles. The molecule has 6 nitrogen and oxygen atoms in total. The van der Waals surface area contributed by atoms with E-state index in [2.05, 4.69) is 15.6 Å². The number of carbonyl (C=O) groups is 1. The number of anilines is 2. The molecule has 2 aliphatic carbocycles. The number of amides is 1. The first kappa shape index (κ1) is 17.7. The van der Waals surface area contributed by atoms with Crippen LogP contribution < -0.4 is 10.6 Å². The van der Waals surface area contributed by atoms with Crippen LogP contribution in [0, 0.1) is 0 Å². The summed E-state index contributed by atoms with van der Waals surface area (Å²) in [4.78, 5) is 17.2. The van der Waals surface area contributed by atoms with Crippen LogP contribution in [0.3, 0.4) is 0 Å². The molecular weight excluding hydrogens is 394 g/mol. The summed E-state index contributed by atoms with van der Waals surface area (Å²) in [6, 6.07) is 5.92. The second kappa shape index (κ2) is 6.60. The zero-order chi connectivity index (χ0) is 19.4. The molecule has 0 saturated heterocycles. The van der Waals surface area contributed by atoms with Crippen molar-refractivity contribution in [3.05, 3.63) is 40.2 Å². The first-order valence-corrected chi connectivity index (χ1v) is 10.6. The quantitative estimate of drug-likeness (QED) is 0.654. The fourth-order valence-corrected chi connectivity index (χ4v) is 5.17. The van der Waals surface area contributed by atoms with Gasteiger partial charge < -0.3 is 10.6 Å². The Morgan fingerprint density at radius 2 is 2.14 bits per heavy atom. The fourth-order valence-electron chi connectivity index (χ4n) is 3.79. The molecule has 0 unspecified atom stereocenters. The number of hydrogen-bond donors (Lipinski definition) is 2. The van der Waals surface area contributed by atoms with Crippen molar-refractivity contribution in [2.24, 2.45) is 0 Å². The van der Waals surface area contributed by atoms with Crippen LogP contribution >= 0.6 is 22.9 Å². The highest BCUT2D eigenvalue weighted by molar-refractivity contribution is 7.19. The standard InChI is InChI=1S/C20H20ClN5OS/c1-10(27)23-20-24-15-7-6-13-17(11-3-4-11)25-26(18(13)19(15)28-20)16-8-5-12(22-2)9-14(16)21/h5,8-9,11,22H,3-4,6-7H2,1-2H3,(H,23,24,27). The van der Waals surface area contributed by atoms with Gasteiger partial charge in [-0.3, -0.25) is 4.79 Å². The number of aryl methyl sites for hydroxylation is 1. The average molecular weight is 414 g/mol. The smallest absolute Gasteiger partial charge is 0.223 e. The number of fused-ring (bicyclic) bond motifs is 3. The van der Waals surface area contributed by atoms with Gasteiger partial charge in [-0.25, -0.2) is 9.67 Å². The van der Waals surface area contributed by atoms with Crippen molar-refractivity contribution in [2.75, 3.05) is 17.7 Å². The van der Waals surface area contributed by atoms with E-state index in [-0.39, 0.29) is 5.91 Å². The monoisotopic (exact) mass is 413 g/mol. The van der Waals surface area contributed by atoms with Gasteiger partial charge in [0.1, 0.15) is 0 Å². The van der Waals surface area contributed by atoms with Crippen molar-refractivity contribution in [2.45, 2.75) is 38.5 Å². The highest BCUT2D eigenvalue weighted by Gasteiger charge is 2.36. The van der Waals surface area contributed by atoms with Crippen molar-refractivity contribution in [3.63, 3.8) is 0 Å². The summed E-state index contributed by atoms with van der Waals surface area (Å²) in [5.41, 5.74) is 6.43. The maximum absolute atomic E-state index is 11.5. The lowest BCUT2D eigenvalue weighted by Crippen LogP contribution is -2.07. The number of rotatable bonds is 4. The normalized spacial score (nSPS) is 15.1. The van der Waals surface area contributed by atoms with Crippen LogP contribution in [-0.2, 0) is 17.6 Å². The zero-order valence-electron chi connectivity index (χ0n) is 15.7. The molecule has 8 heteroatoms. The molecular formula is C20H20ClN5OS. The Labute approximate surface area is 171 Å². The molecule has 5 rings (SSSR count). The van der Waals surface area contributed by atoms with Crippen LogP contribution in [0.25, 0.3) is 16.3 Å². The van der Waals surface area contributed by atoms with E-state index in [1.165, 1.54) is 42.4 Å². The molecule has 144 valence electrons. The van der Waals surface area contributed by atoms with Crippen LogP contribution in [0.15, 0.2) is 18.2 Å². The summed E-state index contributed by atoms with van der Waals surface area (Å²) < 4.78 is 1.98. The lowest BCUT2D eigenvalue weighted by Gasteiger charge is -2.15. The van der Waals surface area contributed by atoms with E-state index < -0.39 is 0 Å². The minimum Gasteiger partial charge on any atom is -0.388 e. The Balaban J connectivity index is 1.70. The summed E-state index contributed by atoms with van der Waals surface area (Å²) in [5, 5.41) is 12.2. The number of nitrogens with zero attached hydrogens (tertiary/aromatic N) is 3. The molecule has 2 aliphatic rings. The molecule has 1 aromatic carbocycles. The summed E-state index contributed by atoms with van der Waals surface area (Å²) in [6.07, 6.45) is 4.19. The van der Waals surface area contributed by atoms with E-state index in [1.54, 1.807) is 0 Å². The number of aromatic nitrogens is 3. The molecule has 28 heavy (non-hydrogen) atoms. The number of thiazole rings is 1. The van der Waals surface area contributed by atoms with Crippen molar-refractivity contribution < 1.29 is 4.79 Å². The Morgan fingerprint density at radius 3 is 2.82 bits per heavy atom. The first-order valence-electron chi connectivity index (χ1n) is 9.42. The summed E-state index contributed by atoms with van der Waals surface area (Å²) in [5.74, 6) is 0.443. The maximum Gasteiger partial charge on any atom is 0.223 e. The van der Waals surface area contributed by atoms with Gasteiger partial charge in [0.25, 0.3) is 0 Å². The predicted octanol–water partition coefficient (Wildman–Crippen LogP) is 4.63. The minimum atomic E-state index is -0.107. The molecule has 2 heterocycles. The van der Waals surface area contributed by atoms with Crippen LogP contribution in [0.5, 0.6) is 0 Å². The second-order valence-electron chi connectivity index (χ2n) is 7.29. The van der Waals surface area contributed by atoms with E-state index in [4.69, 9.17) is 16.7 Å². The largest absolute Gasteiger partial charge is 0.388 e. The van der Waals surface area contributed by atoms with Gasteiger partial charge in [-0.1, -0.05) is 22.9 Å². The van der Waals surface area contributed by atoms with Gasteiger partial charge in [-0.2, -0.15) is 5.10 Å². The highest BCUT2D eigenvalue weighted by atomic mass is 35.5. The van der Waals surface area contributed by atoms with Gasteiger partial charge in [0.15, 0.2) is 5.13 Å². The molecule has 0 bridgehead atoms. The van der Waals surface area contributed by atoms with Crippen LogP contribution in [-0.4, -0.2) is 27.7 Å². The van der Waals surface area contributed by atoms with Crippen LogP contribution in [0.4, 0.5) is 10.8 Å². The molecule has 0 atom stereocenters. The first-order chi connectivity index (χ1) is 13.5. The summed E-state index contributed by atoms with van der Waals surface area (Å²) in [7, 11) is 1.87. The molecule has 0 aliphatic heterocycles. The Kier molecular flexibility index (Phi) is 4.17. The van der Waals surface area contributed by atoms with Crippen molar-refractivity contribution in [1.82, 2.24) is 14.8 Å². The van der Waals surface area contributed by atoms with Gasteiger partial charge in [0.05, 0.1) is 32.7 Å². The molecule has 0 spiro atoms. The zero-order valence-corrected chi connectivity index (χ0v) is 17.2. The Bertz CT molecular complexity index is 1100. The van der Waals surface area contributed by atoms with Gasteiger partial charge in [0, 0.05) is 31.1 Å². The number of hydrogen-bond acceptors (Lipinski definition) is 5. The van der Waals surface area contributed by atoms with E-state index in [1.807, 2.05) is 29.9 Å². The van der Waals surface area contributed by atoms with Crippen LogP contribution in [0.1, 0.15) is 42.6 Å². The maximum atomic E-state index is 11.5. The second-order valence-corrected chi connectivity index (χ2v) is 8.70. The number of benzene rings is 1. The highest BCUT2D eigenvalue weighted by Crippen LogP contribution is 2.48. The van der Waals surface area contributed by atoms with E-state index in [0.29, 0.717) is 16.1 Å². The SMILES string of the molecule is CNc1ccc(-n2nc(C3CC3)c3c2-c2sc(NC(C)=O)nc2CC3)c(Cl)c1. The average Bonchev–Trinajstić information content (AvgIpc) is 3.31. The van der Waals surface area contributed by atoms with Gasteiger partial charge in [0.2, 0.25) is 5.91 Å². The topological polar surface area (TPSA) is 71.8 Å². The third kappa shape index (κ3) is 2.89. The number of nitrogens with one attached hydrogen (secondary N) is 2. The van der Waals surface area contributed by atoms with Gasteiger partial charge in [-0.05, 0) is 43.9 Å². The van der Waals surface area contributed by atoms with Crippen LogP contribution in [0.2, 0.25) is 5.02 Å². The molecule has 1 fully saturated rings. The third-order valence-corrected chi connectivity index (χ3v) is 6.57. The summed E-state index contributed by atoms with van der Waals surface area (Å²) in [6.45, 7) is 1.50. The molecule has 2 N–H and O–H groups in total. The van der Waals surface area contributed by atoms with Gasteiger partial charge >= 0.3 is 0 Å². The molecule has 3 aromatic rings. The Morgan fingerprint density at radius 1 is 1.32 bits per heavy atom. The Hall–Kier alpha value is -2.38. The minimum absolute atomic E-state index is 0.107. The summed E-state index contributed by atoms with van der Waals surface area (Å²) >= 11 is 8.14. The lowest BCUT2D eigenvalue weighted by molar-refractivity contribution is -0.114. The molecule has 1 saturated carbocycles. The van der Waals surface area contributed by atoms with Crippen molar-refractivity contribution in [3.8, 4) is 16.3 Å². The van der Waals surface area contributed by atoms with Crippen molar-refractivity contribution >= 4 is 39.7 Å². The third-order valence-electron chi connectivity index (χ3n) is 5.25. The fraction of sp³-hybridized carbons (Fsp3) is 0.350. The number of halogens is 1. The van der Waals surface area contributed by atoms with Gasteiger partial charge in [-0.15, -0.1) is 0 Å². The van der Waals surface area contributed by atoms with E-state index >= 15 is 0 Å². The molecule has 0 radical (unpaired) electrons. The molecule has 1 amide bonds. The lowest BCUT2D eigenvalue weighted by atomic mass is 9.96. The predicted molar refractivity (Wildman–Crippen MR) is 113 cm³/mol. The van der Waals surface area contributed by atoms with E-state index in [0.717, 1.165) is 40.5 Å².